The third kappa shape index (κ3) is 2.18. The first-order valence-corrected chi connectivity index (χ1v) is 9.24. The molecule has 150 valence electrons. The Labute approximate surface area is 157 Å². The molecule has 0 aromatic carbocycles. The van der Waals surface area contributed by atoms with Gasteiger partial charge >= 0.3 is 11.9 Å². The Morgan fingerprint density at radius 2 is 1.93 bits per heavy atom. The smallest absolute Gasteiger partial charge is 0.303 e. The first-order chi connectivity index (χ1) is 12.6. The van der Waals surface area contributed by atoms with E-state index in [-0.39, 0.29) is 13.0 Å². The van der Waals surface area contributed by atoms with Crippen LogP contribution >= 0.6 is 0 Å². The van der Waals surface area contributed by atoms with Crippen LogP contribution in [0.3, 0.4) is 0 Å². The molecule has 0 amide bonds. The first-order valence-electron chi connectivity index (χ1n) is 9.24. The lowest BCUT2D eigenvalue weighted by atomic mass is 9.51. The predicted octanol–water partition coefficient (Wildman–Crippen LogP) is 0.0957. The van der Waals surface area contributed by atoms with Gasteiger partial charge in [-0.05, 0) is 18.9 Å². The SMILES string of the molecule is CC(=O)O[C@H]1C[C@@]2(CO)[C@@H](C=C1C)O[C@@H]1[C@H](O)[C@@H](OC(C)=O)[C@@]2(C)[C@]12CO2. The van der Waals surface area contributed by atoms with E-state index >= 15 is 0 Å². The highest BCUT2D eigenvalue weighted by Gasteiger charge is 2.85. The molecule has 8 heteroatoms. The molecule has 1 saturated carbocycles. The fourth-order valence-corrected chi connectivity index (χ4v) is 5.72. The summed E-state index contributed by atoms with van der Waals surface area (Å²) in [6.45, 7) is 6.40. The minimum absolute atomic E-state index is 0.287. The van der Waals surface area contributed by atoms with E-state index in [0.717, 1.165) is 5.57 Å². The quantitative estimate of drug-likeness (QED) is 0.401. The van der Waals surface area contributed by atoms with Crippen molar-refractivity contribution in [1.29, 1.82) is 0 Å². The van der Waals surface area contributed by atoms with Crippen LogP contribution in [0.25, 0.3) is 0 Å². The van der Waals surface area contributed by atoms with Gasteiger partial charge in [-0.25, -0.2) is 0 Å². The van der Waals surface area contributed by atoms with Crippen molar-refractivity contribution in [2.75, 3.05) is 13.2 Å². The number of esters is 2. The van der Waals surface area contributed by atoms with Crippen molar-refractivity contribution in [2.24, 2.45) is 10.8 Å². The number of fused-ring (bicyclic) bond motifs is 2. The summed E-state index contributed by atoms with van der Waals surface area (Å²) in [5, 5.41) is 21.5. The van der Waals surface area contributed by atoms with E-state index in [1.165, 1.54) is 13.8 Å². The first kappa shape index (κ1) is 18.9. The second-order valence-corrected chi connectivity index (χ2v) is 8.41. The van der Waals surface area contributed by atoms with Crippen molar-refractivity contribution in [2.45, 2.75) is 70.2 Å². The molecule has 8 nitrogen and oxygen atoms in total. The van der Waals surface area contributed by atoms with E-state index in [9.17, 15) is 19.8 Å². The molecule has 0 aromatic heterocycles. The van der Waals surface area contributed by atoms with Crippen LogP contribution < -0.4 is 0 Å². The fraction of sp³-hybridized carbons (Fsp3) is 0.789. The van der Waals surface area contributed by atoms with Crippen LogP contribution in [0.5, 0.6) is 0 Å². The summed E-state index contributed by atoms with van der Waals surface area (Å²) in [7, 11) is 0. The zero-order valence-electron chi connectivity index (χ0n) is 15.9. The van der Waals surface area contributed by atoms with Gasteiger partial charge in [0.05, 0.1) is 24.7 Å². The van der Waals surface area contributed by atoms with Crippen molar-refractivity contribution in [3.8, 4) is 0 Å². The molecule has 2 bridgehead atoms. The van der Waals surface area contributed by atoms with Crippen LogP contribution in [-0.4, -0.2) is 71.5 Å². The van der Waals surface area contributed by atoms with E-state index in [1.807, 2.05) is 19.9 Å². The van der Waals surface area contributed by atoms with E-state index in [0.29, 0.717) is 6.61 Å². The Bertz CT molecular complexity index is 712. The standard InChI is InChI=1S/C19H26O8/c1-9-5-13-18(7-20,6-12(9)25-10(2)21)17(4)15(26-11(3)22)14(23)16(27-13)19(17)8-24-19/h5,12-16,20,23H,6-8H2,1-4H3/t12-,13+,14+,15+,16+,17+,18+,19-/m0/s1. The molecule has 3 fully saturated rings. The van der Waals surface area contributed by atoms with Gasteiger partial charge in [-0.2, -0.15) is 0 Å². The average molecular weight is 382 g/mol. The summed E-state index contributed by atoms with van der Waals surface area (Å²) >= 11 is 0. The second-order valence-electron chi connectivity index (χ2n) is 8.41. The molecule has 4 rings (SSSR count). The summed E-state index contributed by atoms with van der Waals surface area (Å²) in [6, 6.07) is 0. The number of rotatable bonds is 3. The zero-order valence-corrected chi connectivity index (χ0v) is 15.9. The van der Waals surface area contributed by atoms with Gasteiger partial charge in [-0.3, -0.25) is 9.59 Å². The zero-order chi connectivity index (χ0) is 19.8. The van der Waals surface area contributed by atoms with Gasteiger partial charge in [-0.1, -0.05) is 13.0 Å². The Kier molecular flexibility index (Phi) is 4.03. The number of epoxide rings is 1. The molecule has 0 radical (unpaired) electrons. The van der Waals surface area contributed by atoms with Gasteiger partial charge < -0.3 is 29.2 Å². The lowest BCUT2D eigenvalue weighted by Gasteiger charge is -2.58. The van der Waals surface area contributed by atoms with E-state index in [2.05, 4.69) is 0 Å². The van der Waals surface area contributed by atoms with Crippen molar-refractivity contribution < 1.29 is 38.7 Å². The van der Waals surface area contributed by atoms with Crippen LogP contribution in [-0.2, 0) is 28.5 Å². The molecule has 2 heterocycles. The molecule has 8 atom stereocenters. The third-order valence-electron chi connectivity index (χ3n) is 7.21. The van der Waals surface area contributed by atoms with Gasteiger partial charge in [0.1, 0.15) is 30.0 Å². The van der Waals surface area contributed by atoms with E-state index < -0.39 is 58.9 Å². The Morgan fingerprint density at radius 1 is 1.30 bits per heavy atom. The molecular formula is C19H26O8. The molecule has 0 unspecified atom stereocenters. The van der Waals surface area contributed by atoms with Gasteiger partial charge in [0.2, 0.25) is 0 Å². The average Bonchev–Trinajstić information content (AvgIpc) is 3.36. The number of hydrogen-bond acceptors (Lipinski definition) is 8. The largest absolute Gasteiger partial charge is 0.459 e. The van der Waals surface area contributed by atoms with Crippen molar-refractivity contribution >= 4 is 11.9 Å². The number of ether oxygens (including phenoxy) is 4. The van der Waals surface area contributed by atoms with Crippen LogP contribution in [0.15, 0.2) is 11.6 Å². The van der Waals surface area contributed by atoms with E-state index in [4.69, 9.17) is 18.9 Å². The fourth-order valence-electron chi connectivity index (χ4n) is 5.72. The normalized spacial score (nSPS) is 50.0. The van der Waals surface area contributed by atoms with Crippen LogP contribution in [0.1, 0.15) is 34.1 Å². The monoisotopic (exact) mass is 382 g/mol. The second kappa shape index (κ2) is 5.76. The highest BCUT2D eigenvalue weighted by molar-refractivity contribution is 5.67. The van der Waals surface area contributed by atoms with Gasteiger partial charge in [0.25, 0.3) is 0 Å². The van der Waals surface area contributed by atoms with Crippen LogP contribution in [0.4, 0.5) is 0 Å². The molecule has 27 heavy (non-hydrogen) atoms. The molecular weight excluding hydrogens is 356 g/mol. The Balaban J connectivity index is 1.85. The van der Waals surface area contributed by atoms with Gasteiger partial charge in [-0.15, -0.1) is 0 Å². The molecule has 2 aliphatic carbocycles. The van der Waals surface area contributed by atoms with Crippen molar-refractivity contribution in [1.82, 2.24) is 0 Å². The minimum Gasteiger partial charge on any atom is -0.459 e. The molecule has 4 aliphatic rings. The Morgan fingerprint density at radius 3 is 2.44 bits per heavy atom. The number of aliphatic hydroxyl groups excluding tert-OH is 2. The van der Waals surface area contributed by atoms with E-state index in [1.54, 1.807) is 0 Å². The summed E-state index contributed by atoms with van der Waals surface area (Å²) < 4.78 is 23.1. The number of hydrogen-bond donors (Lipinski definition) is 2. The topological polar surface area (TPSA) is 115 Å². The maximum Gasteiger partial charge on any atom is 0.303 e. The highest BCUT2D eigenvalue weighted by Crippen LogP contribution is 2.71. The molecule has 0 aromatic rings. The lowest BCUT2D eigenvalue weighted by molar-refractivity contribution is -0.237. The third-order valence-corrected chi connectivity index (χ3v) is 7.21. The number of aliphatic hydroxyl groups is 2. The summed E-state index contributed by atoms with van der Waals surface area (Å²) in [5.74, 6) is -0.938. The predicted molar refractivity (Wildman–Crippen MR) is 90.5 cm³/mol. The maximum absolute atomic E-state index is 11.8. The van der Waals surface area contributed by atoms with Crippen molar-refractivity contribution in [3.63, 3.8) is 0 Å². The minimum atomic E-state index is -1.07. The molecule has 2 aliphatic heterocycles. The molecule has 2 saturated heterocycles. The lowest BCUT2D eigenvalue weighted by Crippen LogP contribution is -2.67. The van der Waals surface area contributed by atoms with Crippen molar-refractivity contribution in [3.05, 3.63) is 11.6 Å². The van der Waals surface area contributed by atoms with Crippen LogP contribution in [0, 0.1) is 10.8 Å². The number of carbonyl (C=O) groups excluding carboxylic acids is 2. The van der Waals surface area contributed by atoms with Gasteiger partial charge in [0.15, 0.2) is 0 Å². The Hall–Kier alpha value is -1.48. The summed E-state index contributed by atoms with van der Waals surface area (Å²) in [5.41, 5.74) is -1.88. The molecule has 1 spiro atoms. The number of carbonyl (C=O) groups is 2. The maximum atomic E-state index is 11.8. The summed E-state index contributed by atoms with van der Waals surface area (Å²) in [6.07, 6.45) is -1.55. The molecule has 2 N–H and O–H groups in total. The summed E-state index contributed by atoms with van der Waals surface area (Å²) in [4.78, 5) is 23.3. The van der Waals surface area contributed by atoms with Crippen LogP contribution in [0.2, 0.25) is 0 Å². The highest BCUT2D eigenvalue weighted by atomic mass is 16.7. The van der Waals surface area contributed by atoms with Gasteiger partial charge in [0, 0.05) is 19.3 Å².